The highest BCUT2D eigenvalue weighted by atomic mass is 16.2. The van der Waals surface area contributed by atoms with E-state index in [0.717, 1.165) is 12.8 Å². The molecule has 0 spiro atoms. The third kappa shape index (κ3) is 2.85. The van der Waals surface area contributed by atoms with Crippen molar-refractivity contribution in [1.82, 2.24) is 20.1 Å². The van der Waals surface area contributed by atoms with Crippen LogP contribution < -0.4 is 5.32 Å². The number of hydrogen-bond acceptors (Lipinski definition) is 3. The highest BCUT2D eigenvalue weighted by molar-refractivity contribution is 5.75. The third-order valence-corrected chi connectivity index (χ3v) is 1.62. The molecule has 0 aliphatic heterocycles. The third-order valence-electron chi connectivity index (χ3n) is 1.62. The van der Waals surface area contributed by atoms with Crippen LogP contribution in [0.4, 0.5) is 4.79 Å². The predicted octanol–water partition coefficient (Wildman–Crippen LogP) is 0.944. The van der Waals surface area contributed by atoms with Gasteiger partial charge >= 0.3 is 6.03 Å². The van der Waals surface area contributed by atoms with Crippen LogP contribution in [0.2, 0.25) is 0 Å². The summed E-state index contributed by atoms with van der Waals surface area (Å²) in [6.07, 6.45) is 3.46. The van der Waals surface area contributed by atoms with Gasteiger partial charge in [0.1, 0.15) is 12.2 Å². The van der Waals surface area contributed by atoms with Gasteiger partial charge in [0.05, 0.1) is 0 Å². The van der Waals surface area contributed by atoms with Crippen molar-refractivity contribution < 1.29 is 4.79 Å². The van der Waals surface area contributed by atoms with Crippen LogP contribution >= 0.6 is 0 Å². The minimum Gasteiger partial charge on any atom is -0.336 e. The van der Waals surface area contributed by atoms with Crippen molar-refractivity contribution in [2.45, 2.75) is 26.7 Å². The number of unbranched alkanes of at least 4 members (excludes halogenated alkanes) is 1. The van der Waals surface area contributed by atoms with E-state index in [1.165, 1.54) is 11.0 Å². The van der Waals surface area contributed by atoms with Crippen LogP contribution in [0.3, 0.4) is 0 Å². The molecule has 1 heterocycles. The molecule has 0 saturated heterocycles. The van der Waals surface area contributed by atoms with Gasteiger partial charge in [-0.05, 0) is 13.3 Å². The topological polar surface area (TPSA) is 59.8 Å². The van der Waals surface area contributed by atoms with Gasteiger partial charge in [0, 0.05) is 6.54 Å². The molecule has 0 unspecified atom stereocenters. The first-order valence-electron chi connectivity index (χ1n) is 4.40. The standard InChI is InChI=1S/C8H14N4O/c1-3-4-5-9-8(13)12-6-10-7(2)11-12/h6H,3-5H2,1-2H3,(H,9,13). The Morgan fingerprint density at radius 2 is 2.46 bits per heavy atom. The van der Waals surface area contributed by atoms with E-state index in [2.05, 4.69) is 22.3 Å². The zero-order valence-electron chi connectivity index (χ0n) is 7.95. The van der Waals surface area contributed by atoms with Gasteiger partial charge in [0.15, 0.2) is 0 Å². The second-order valence-corrected chi connectivity index (χ2v) is 2.82. The molecule has 0 aromatic carbocycles. The molecule has 1 aromatic rings. The first-order valence-corrected chi connectivity index (χ1v) is 4.40. The largest absolute Gasteiger partial charge is 0.343 e. The first kappa shape index (κ1) is 9.70. The van der Waals surface area contributed by atoms with Crippen LogP contribution in [0.15, 0.2) is 6.33 Å². The Bertz CT molecular complexity index is 281. The minimum absolute atomic E-state index is 0.214. The molecule has 1 aromatic heterocycles. The minimum atomic E-state index is -0.214. The summed E-state index contributed by atoms with van der Waals surface area (Å²) in [5.41, 5.74) is 0. The fourth-order valence-electron chi connectivity index (χ4n) is 0.897. The van der Waals surface area contributed by atoms with Gasteiger partial charge < -0.3 is 5.32 Å². The number of hydrogen-bond donors (Lipinski definition) is 1. The summed E-state index contributed by atoms with van der Waals surface area (Å²) < 4.78 is 1.21. The maximum absolute atomic E-state index is 11.3. The number of carbonyl (C=O) groups is 1. The van der Waals surface area contributed by atoms with E-state index in [0.29, 0.717) is 12.4 Å². The van der Waals surface area contributed by atoms with Crippen molar-refractivity contribution in [3.8, 4) is 0 Å². The fourth-order valence-corrected chi connectivity index (χ4v) is 0.897. The van der Waals surface area contributed by atoms with E-state index in [4.69, 9.17) is 0 Å². The van der Waals surface area contributed by atoms with Gasteiger partial charge in [-0.25, -0.2) is 9.78 Å². The Morgan fingerprint density at radius 3 is 3.00 bits per heavy atom. The molecule has 0 bridgehead atoms. The Labute approximate surface area is 77.2 Å². The number of carbonyl (C=O) groups excluding carboxylic acids is 1. The summed E-state index contributed by atoms with van der Waals surface area (Å²) >= 11 is 0. The van der Waals surface area contributed by atoms with Crippen LogP contribution in [-0.4, -0.2) is 27.3 Å². The zero-order valence-corrected chi connectivity index (χ0v) is 7.95. The second kappa shape index (κ2) is 4.59. The van der Waals surface area contributed by atoms with Gasteiger partial charge in [-0.2, -0.15) is 4.68 Å². The Balaban J connectivity index is 2.40. The van der Waals surface area contributed by atoms with Crippen LogP contribution in [-0.2, 0) is 0 Å². The highest BCUT2D eigenvalue weighted by Crippen LogP contribution is 1.87. The molecule has 1 amide bonds. The number of nitrogens with zero attached hydrogens (tertiary/aromatic N) is 3. The fraction of sp³-hybridized carbons (Fsp3) is 0.625. The summed E-state index contributed by atoms with van der Waals surface area (Å²) in [4.78, 5) is 15.1. The SMILES string of the molecule is CCCCNC(=O)n1cnc(C)n1. The molecule has 72 valence electrons. The van der Waals surface area contributed by atoms with Crippen molar-refractivity contribution in [1.29, 1.82) is 0 Å². The summed E-state index contributed by atoms with van der Waals surface area (Å²) in [5.74, 6) is 0.602. The summed E-state index contributed by atoms with van der Waals surface area (Å²) in [6.45, 7) is 4.51. The van der Waals surface area contributed by atoms with Crippen molar-refractivity contribution in [2.24, 2.45) is 0 Å². The quantitative estimate of drug-likeness (QED) is 0.708. The van der Waals surface area contributed by atoms with Gasteiger partial charge in [0.25, 0.3) is 0 Å². The monoisotopic (exact) mass is 182 g/mol. The molecule has 1 rings (SSSR count). The van der Waals surface area contributed by atoms with Crippen LogP contribution in [0, 0.1) is 6.92 Å². The Morgan fingerprint density at radius 1 is 1.69 bits per heavy atom. The van der Waals surface area contributed by atoms with Crippen LogP contribution in [0.1, 0.15) is 25.6 Å². The Kier molecular flexibility index (Phi) is 3.42. The normalized spacial score (nSPS) is 10.0. The Hall–Kier alpha value is -1.39. The lowest BCUT2D eigenvalue weighted by atomic mass is 10.3. The number of aryl methyl sites for hydroxylation is 1. The average molecular weight is 182 g/mol. The maximum Gasteiger partial charge on any atom is 0.343 e. The highest BCUT2D eigenvalue weighted by Gasteiger charge is 2.03. The van der Waals surface area contributed by atoms with Crippen molar-refractivity contribution in [2.75, 3.05) is 6.54 Å². The summed E-state index contributed by atoms with van der Waals surface area (Å²) in [5, 5.41) is 6.62. The molecule has 0 aliphatic rings. The van der Waals surface area contributed by atoms with Crippen molar-refractivity contribution in [3.63, 3.8) is 0 Å². The zero-order chi connectivity index (χ0) is 9.68. The molecule has 0 atom stereocenters. The van der Waals surface area contributed by atoms with Crippen LogP contribution in [0.25, 0.3) is 0 Å². The molecule has 0 aliphatic carbocycles. The lowest BCUT2D eigenvalue weighted by Gasteiger charge is -2.01. The van der Waals surface area contributed by atoms with E-state index in [9.17, 15) is 4.79 Å². The second-order valence-electron chi connectivity index (χ2n) is 2.82. The molecule has 0 radical (unpaired) electrons. The number of aromatic nitrogens is 3. The van der Waals surface area contributed by atoms with Gasteiger partial charge in [0.2, 0.25) is 0 Å². The van der Waals surface area contributed by atoms with Gasteiger partial charge in [-0.1, -0.05) is 13.3 Å². The summed E-state index contributed by atoms with van der Waals surface area (Å²) in [7, 11) is 0. The van der Waals surface area contributed by atoms with Crippen LogP contribution in [0.5, 0.6) is 0 Å². The molecule has 0 saturated carbocycles. The predicted molar refractivity (Wildman–Crippen MR) is 48.5 cm³/mol. The molecule has 1 N–H and O–H groups in total. The van der Waals surface area contributed by atoms with E-state index in [1.54, 1.807) is 6.92 Å². The smallest absolute Gasteiger partial charge is 0.336 e. The van der Waals surface area contributed by atoms with E-state index in [-0.39, 0.29) is 6.03 Å². The number of nitrogens with one attached hydrogen (secondary N) is 1. The number of rotatable bonds is 3. The lowest BCUT2D eigenvalue weighted by molar-refractivity contribution is 0.239. The molecule has 13 heavy (non-hydrogen) atoms. The van der Waals surface area contributed by atoms with E-state index < -0.39 is 0 Å². The average Bonchev–Trinajstić information content (AvgIpc) is 2.52. The molecule has 5 heteroatoms. The maximum atomic E-state index is 11.3. The lowest BCUT2D eigenvalue weighted by Crippen LogP contribution is -2.29. The molecule has 5 nitrogen and oxygen atoms in total. The van der Waals surface area contributed by atoms with Crippen molar-refractivity contribution in [3.05, 3.63) is 12.2 Å². The van der Waals surface area contributed by atoms with Gasteiger partial charge in [-0.3, -0.25) is 0 Å². The molecule has 0 fully saturated rings. The van der Waals surface area contributed by atoms with E-state index >= 15 is 0 Å². The van der Waals surface area contributed by atoms with Gasteiger partial charge in [-0.15, -0.1) is 5.10 Å². The van der Waals surface area contributed by atoms with Crippen molar-refractivity contribution >= 4 is 6.03 Å². The van der Waals surface area contributed by atoms with E-state index in [1.807, 2.05) is 0 Å². The summed E-state index contributed by atoms with van der Waals surface area (Å²) in [6, 6.07) is -0.214. The first-order chi connectivity index (χ1) is 6.24. The molecular weight excluding hydrogens is 168 g/mol. The molecular formula is C8H14N4O. The number of amides is 1.